The van der Waals surface area contributed by atoms with Crippen molar-refractivity contribution in [3.8, 4) is 5.75 Å². The normalized spacial score (nSPS) is 10.6. The highest BCUT2D eigenvalue weighted by atomic mass is 16.6. The van der Waals surface area contributed by atoms with E-state index in [1.54, 1.807) is 6.07 Å². The van der Waals surface area contributed by atoms with E-state index in [2.05, 4.69) is 37.4 Å². The summed E-state index contributed by atoms with van der Waals surface area (Å²) in [5.74, 6) is -0.344. The number of benzene rings is 2. The quantitative estimate of drug-likeness (QED) is 0.351. The molecule has 7 heteroatoms. The number of carbonyl (C=O) groups excluding carboxylic acids is 1. The molecule has 0 saturated carbocycles. The van der Waals surface area contributed by atoms with Crippen molar-refractivity contribution < 1.29 is 14.5 Å². The largest absolute Gasteiger partial charge is 0.485 e. The van der Waals surface area contributed by atoms with E-state index in [0.717, 1.165) is 19.4 Å². The number of nitrogens with two attached hydrogens (primary N) is 1. The molecule has 0 aliphatic heterocycles. The standard InChI is InChI=1S/C21H27N3O4/c1-15-5-6-17(12-16(15)2)4-3-9-23-10-11-28-20-8-7-18(14-21(22)25)13-19(20)24(26)27/h5-8,12-13,23H,3-4,9-11,14H2,1-2H3,(H2,22,25). The first-order chi connectivity index (χ1) is 13.4. The van der Waals surface area contributed by atoms with Crippen LogP contribution >= 0.6 is 0 Å². The molecule has 2 rings (SSSR count). The van der Waals surface area contributed by atoms with Gasteiger partial charge in [-0.15, -0.1) is 0 Å². The highest BCUT2D eigenvalue weighted by Crippen LogP contribution is 2.28. The van der Waals surface area contributed by atoms with Crippen molar-refractivity contribution >= 4 is 11.6 Å². The molecule has 0 bridgehead atoms. The number of amides is 1. The average molecular weight is 385 g/mol. The number of ether oxygens (including phenoxy) is 1. The van der Waals surface area contributed by atoms with Gasteiger partial charge in [-0.05, 0) is 61.6 Å². The highest BCUT2D eigenvalue weighted by molar-refractivity contribution is 5.77. The summed E-state index contributed by atoms with van der Waals surface area (Å²) in [5.41, 5.74) is 9.40. The predicted molar refractivity (Wildman–Crippen MR) is 109 cm³/mol. The summed E-state index contributed by atoms with van der Waals surface area (Å²) in [6, 6.07) is 11.0. The van der Waals surface area contributed by atoms with Crippen LogP contribution in [0.3, 0.4) is 0 Å². The number of rotatable bonds is 11. The molecule has 0 radical (unpaired) electrons. The predicted octanol–water partition coefficient (Wildman–Crippen LogP) is 2.84. The van der Waals surface area contributed by atoms with Gasteiger partial charge in [0, 0.05) is 12.6 Å². The van der Waals surface area contributed by atoms with Crippen LogP contribution in [0.2, 0.25) is 0 Å². The van der Waals surface area contributed by atoms with Gasteiger partial charge in [0.1, 0.15) is 6.61 Å². The van der Waals surface area contributed by atoms with E-state index in [-0.39, 0.29) is 17.9 Å². The van der Waals surface area contributed by atoms with Crippen LogP contribution in [0.25, 0.3) is 0 Å². The lowest BCUT2D eigenvalue weighted by Crippen LogP contribution is -2.22. The van der Waals surface area contributed by atoms with Crippen molar-refractivity contribution in [1.29, 1.82) is 0 Å². The second-order valence-electron chi connectivity index (χ2n) is 6.82. The van der Waals surface area contributed by atoms with Crippen LogP contribution in [-0.4, -0.2) is 30.5 Å². The maximum atomic E-state index is 11.2. The number of nitro groups is 1. The maximum absolute atomic E-state index is 11.2. The Hall–Kier alpha value is -2.93. The van der Waals surface area contributed by atoms with E-state index in [0.29, 0.717) is 18.7 Å². The lowest BCUT2D eigenvalue weighted by molar-refractivity contribution is -0.385. The van der Waals surface area contributed by atoms with E-state index in [9.17, 15) is 14.9 Å². The minimum atomic E-state index is -0.534. The van der Waals surface area contributed by atoms with Crippen LogP contribution in [0.4, 0.5) is 5.69 Å². The van der Waals surface area contributed by atoms with E-state index in [1.807, 2.05) is 0 Å². The Morgan fingerprint density at radius 1 is 1.11 bits per heavy atom. The smallest absolute Gasteiger partial charge is 0.311 e. The van der Waals surface area contributed by atoms with E-state index in [1.165, 1.54) is 28.8 Å². The van der Waals surface area contributed by atoms with Crippen LogP contribution in [0.5, 0.6) is 5.75 Å². The van der Waals surface area contributed by atoms with Crippen molar-refractivity contribution in [3.05, 3.63) is 68.8 Å². The van der Waals surface area contributed by atoms with Crippen LogP contribution in [0.1, 0.15) is 28.7 Å². The minimum absolute atomic E-state index is 0.0385. The number of nitro benzene ring substituents is 1. The molecule has 7 nitrogen and oxygen atoms in total. The molecule has 0 spiro atoms. The Morgan fingerprint density at radius 2 is 1.86 bits per heavy atom. The molecular weight excluding hydrogens is 358 g/mol. The number of carbonyl (C=O) groups is 1. The van der Waals surface area contributed by atoms with Gasteiger partial charge in [-0.25, -0.2) is 0 Å². The lowest BCUT2D eigenvalue weighted by atomic mass is 10.0. The Morgan fingerprint density at radius 3 is 2.54 bits per heavy atom. The summed E-state index contributed by atoms with van der Waals surface area (Å²) in [5, 5.41) is 14.5. The fraction of sp³-hybridized carbons (Fsp3) is 0.381. The van der Waals surface area contributed by atoms with Crippen molar-refractivity contribution in [2.45, 2.75) is 33.1 Å². The lowest BCUT2D eigenvalue weighted by Gasteiger charge is -2.09. The number of primary amides is 1. The topological polar surface area (TPSA) is 107 Å². The SMILES string of the molecule is Cc1ccc(CCCNCCOc2ccc(CC(N)=O)cc2[N+](=O)[O-])cc1C. The molecule has 3 N–H and O–H groups in total. The molecule has 0 unspecified atom stereocenters. The molecule has 0 aliphatic carbocycles. The fourth-order valence-electron chi connectivity index (χ4n) is 2.87. The third-order valence-electron chi connectivity index (χ3n) is 4.53. The van der Waals surface area contributed by atoms with Crippen molar-refractivity contribution in [3.63, 3.8) is 0 Å². The van der Waals surface area contributed by atoms with Gasteiger partial charge in [-0.3, -0.25) is 14.9 Å². The first-order valence-electron chi connectivity index (χ1n) is 9.32. The second-order valence-corrected chi connectivity index (χ2v) is 6.82. The zero-order valence-electron chi connectivity index (χ0n) is 16.4. The summed E-state index contributed by atoms with van der Waals surface area (Å²) >= 11 is 0. The van der Waals surface area contributed by atoms with Crippen LogP contribution < -0.4 is 15.8 Å². The first kappa shape index (κ1) is 21.4. The number of hydrogen-bond acceptors (Lipinski definition) is 5. The number of nitrogens with one attached hydrogen (secondary N) is 1. The van der Waals surface area contributed by atoms with Crippen LogP contribution in [-0.2, 0) is 17.6 Å². The van der Waals surface area contributed by atoms with Gasteiger partial charge in [-0.2, -0.15) is 0 Å². The molecule has 150 valence electrons. The van der Waals surface area contributed by atoms with E-state index < -0.39 is 10.8 Å². The second kappa shape index (κ2) is 10.4. The molecule has 0 aliphatic rings. The summed E-state index contributed by atoms with van der Waals surface area (Å²) in [7, 11) is 0. The van der Waals surface area contributed by atoms with E-state index in [4.69, 9.17) is 10.5 Å². The summed E-state index contributed by atoms with van der Waals surface area (Å²) < 4.78 is 5.53. The fourth-order valence-corrected chi connectivity index (χ4v) is 2.87. The molecule has 0 saturated heterocycles. The average Bonchev–Trinajstić information content (AvgIpc) is 2.64. The number of aryl methyl sites for hydroxylation is 3. The Bertz CT molecular complexity index is 836. The van der Waals surface area contributed by atoms with E-state index >= 15 is 0 Å². The molecule has 0 atom stereocenters. The summed E-state index contributed by atoms with van der Waals surface area (Å²) in [4.78, 5) is 21.7. The molecule has 1 amide bonds. The Labute approximate surface area is 165 Å². The Kier molecular flexibility index (Phi) is 7.95. The van der Waals surface area contributed by atoms with Gasteiger partial charge in [0.2, 0.25) is 5.91 Å². The third-order valence-corrected chi connectivity index (χ3v) is 4.53. The van der Waals surface area contributed by atoms with Crippen molar-refractivity contribution in [2.75, 3.05) is 19.7 Å². The molecule has 0 heterocycles. The molecule has 0 fully saturated rings. The van der Waals surface area contributed by atoms with Gasteiger partial charge in [0.15, 0.2) is 5.75 Å². The number of nitrogens with zero attached hydrogens (tertiary/aromatic N) is 1. The van der Waals surface area contributed by atoms with Crippen molar-refractivity contribution in [2.24, 2.45) is 5.73 Å². The monoisotopic (exact) mass is 385 g/mol. The molecule has 2 aromatic carbocycles. The maximum Gasteiger partial charge on any atom is 0.311 e. The van der Waals surface area contributed by atoms with Crippen LogP contribution in [0, 0.1) is 24.0 Å². The van der Waals surface area contributed by atoms with Crippen LogP contribution in [0.15, 0.2) is 36.4 Å². The molecule has 28 heavy (non-hydrogen) atoms. The zero-order chi connectivity index (χ0) is 20.5. The summed E-state index contributed by atoms with van der Waals surface area (Å²) in [6.45, 7) is 5.98. The van der Waals surface area contributed by atoms with Gasteiger partial charge in [0.05, 0.1) is 11.3 Å². The molecule has 2 aromatic rings. The van der Waals surface area contributed by atoms with Gasteiger partial charge >= 0.3 is 5.69 Å². The summed E-state index contributed by atoms with van der Waals surface area (Å²) in [6.07, 6.45) is 1.97. The van der Waals surface area contributed by atoms with Gasteiger partial charge < -0.3 is 15.8 Å². The molecular formula is C21H27N3O4. The Balaban J connectivity index is 1.73. The zero-order valence-corrected chi connectivity index (χ0v) is 16.4. The van der Waals surface area contributed by atoms with Gasteiger partial charge in [-0.1, -0.05) is 24.3 Å². The third kappa shape index (κ3) is 6.66. The highest BCUT2D eigenvalue weighted by Gasteiger charge is 2.16. The first-order valence-corrected chi connectivity index (χ1v) is 9.32. The minimum Gasteiger partial charge on any atom is -0.485 e. The van der Waals surface area contributed by atoms with Crippen molar-refractivity contribution in [1.82, 2.24) is 5.32 Å². The van der Waals surface area contributed by atoms with Gasteiger partial charge in [0.25, 0.3) is 0 Å². The molecule has 0 aromatic heterocycles. The number of hydrogen-bond donors (Lipinski definition) is 2.